The van der Waals surface area contributed by atoms with Gasteiger partial charge < -0.3 is 15.1 Å². The zero-order valence-electron chi connectivity index (χ0n) is 12.8. The van der Waals surface area contributed by atoms with Crippen LogP contribution < -0.4 is 5.32 Å². The summed E-state index contributed by atoms with van der Waals surface area (Å²) in [5.41, 5.74) is 0. The Labute approximate surface area is 113 Å². The Balaban J connectivity index is 2.08. The van der Waals surface area contributed by atoms with Crippen molar-refractivity contribution in [1.29, 1.82) is 0 Å². The summed E-state index contributed by atoms with van der Waals surface area (Å²) in [6, 6.07) is 0.654. The SMILES string of the molecule is CCNC(C)CCN1CCN(CCN(C)C)CC1. The molecule has 108 valence electrons. The number of likely N-dealkylation sites (N-methyl/N-ethyl adjacent to an activating group) is 1. The first-order valence-electron chi connectivity index (χ1n) is 7.44. The lowest BCUT2D eigenvalue weighted by Crippen LogP contribution is -2.48. The number of hydrogen-bond acceptors (Lipinski definition) is 4. The fourth-order valence-electron chi connectivity index (χ4n) is 2.40. The maximum absolute atomic E-state index is 3.48. The van der Waals surface area contributed by atoms with Gasteiger partial charge >= 0.3 is 0 Å². The van der Waals surface area contributed by atoms with Crippen LogP contribution in [0.4, 0.5) is 0 Å². The summed E-state index contributed by atoms with van der Waals surface area (Å²) in [6.07, 6.45) is 1.27. The lowest BCUT2D eigenvalue weighted by Gasteiger charge is -2.35. The Morgan fingerprint density at radius 2 is 1.61 bits per heavy atom. The van der Waals surface area contributed by atoms with Crippen molar-refractivity contribution in [3.05, 3.63) is 0 Å². The third-order valence-corrected chi connectivity index (χ3v) is 3.76. The van der Waals surface area contributed by atoms with E-state index in [1.165, 1.54) is 52.2 Å². The van der Waals surface area contributed by atoms with E-state index in [1.807, 2.05) is 0 Å². The van der Waals surface area contributed by atoms with Gasteiger partial charge in [0.2, 0.25) is 0 Å². The Morgan fingerprint density at radius 1 is 1.06 bits per heavy atom. The number of nitrogens with zero attached hydrogens (tertiary/aromatic N) is 3. The van der Waals surface area contributed by atoms with Crippen molar-refractivity contribution < 1.29 is 0 Å². The van der Waals surface area contributed by atoms with E-state index in [1.54, 1.807) is 0 Å². The molecule has 0 radical (unpaired) electrons. The minimum absolute atomic E-state index is 0.654. The molecule has 4 nitrogen and oxygen atoms in total. The van der Waals surface area contributed by atoms with Crippen molar-refractivity contribution in [3.8, 4) is 0 Å². The summed E-state index contributed by atoms with van der Waals surface area (Å²) in [6.45, 7) is 14.2. The highest BCUT2D eigenvalue weighted by molar-refractivity contribution is 4.73. The van der Waals surface area contributed by atoms with E-state index in [4.69, 9.17) is 0 Å². The smallest absolute Gasteiger partial charge is 0.0110 e. The normalized spacial score (nSPS) is 20.5. The van der Waals surface area contributed by atoms with Crippen molar-refractivity contribution in [2.75, 3.05) is 66.5 Å². The molecule has 1 heterocycles. The van der Waals surface area contributed by atoms with Gasteiger partial charge in [0.25, 0.3) is 0 Å². The predicted octanol–water partition coefficient (Wildman–Crippen LogP) is 0.554. The molecule has 1 unspecified atom stereocenters. The summed E-state index contributed by atoms with van der Waals surface area (Å²) in [7, 11) is 4.30. The van der Waals surface area contributed by atoms with Gasteiger partial charge in [-0.2, -0.15) is 0 Å². The average Bonchev–Trinajstić information content (AvgIpc) is 2.35. The van der Waals surface area contributed by atoms with Crippen molar-refractivity contribution in [2.24, 2.45) is 0 Å². The minimum atomic E-state index is 0.654. The molecule has 1 saturated heterocycles. The van der Waals surface area contributed by atoms with E-state index >= 15 is 0 Å². The highest BCUT2D eigenvalue weighted by Crippen LogP contribution is 2.03. The van der Waals surface area contributed by atoms with E-state index in [0.717, 1.165) is 6.54 Å². The quantitative estimate of drug-likeness (QED) is 0.685. The molecule has 1 N–H and O–H groups in total. The zero-order valence-corrected chi connectivity index (χ0v) is 12.8. The Hall–Kier alpha value is -0.160. The fourth-order valence-corrected chi connectivity index (χ4v) is 2.40. The van der Waals surface area contributed by atoms with Gasteiger partial charge in [-0.05, 0) is 40.5 Å². The predicted molar refractivity (Wildman–Crippen MR) is 79.2 cm³/mol. The van der Waals surface area contributed by atoms with Gasteiger partial charge in [-0.1, -0.05) is 6.92 Å². The van der Waals surface area contributed by atoms with Gasteiger partial charge in [-0.25, -0.2) is 0 Å². The molecule has 1 aliphatic heterocycles. The molecule has 0 aliphatic carbocycles. The molecule has 4 heteroatoms. The van der Waals surface area contributed by atoms with Crippen LogP contribution >= 0.6 is 0 Å². The zero-order chi connectivity index (χ0) is 13.4. The fraction of sp³-hybridized carbons (Fsp3) is 1.00. The van der Waals surface area contributed by atoms with Crippen LogP contribution in [0.15, 0.2) is 0 Å². The minimum Gasteiger partial charge on any atom is -0.314 e. The van der Waals surface area contributed by atoms with Crippen LogP contribution in [-0.4, -0.2) is 87.2 Å². The van der Waals surface area contributed by atoms with Gasteiger partial charge in [0.1, 0.15) is 0 Å². The molecule has 1 fully saturated rings. The first-order valence-corrected chi connectivity index (χ1v) is 7.44. The molecule has 0 aromatic heterocycles. The average molecular weight is 256 g/mol. The summed E-state index contributed by atoms with van der Waals surface area (Å²) >= 11 is 0. The van der Waals surface area contributed by atoms with Crippen molar-refractivity contribution >= 4 is 0 Å². The molecule has 1 rings (SSSR count). The van der Waals surface area contributed by atoms with Crippen molar-refractivity contribution in [3.63, 3.8) is 0 Å². The highest BCUT2D eigenvalue weighted by Gasteiger charge is 2.16. The maximum Gasteiger partial charge on any atom is 0.0110 e. The lowest BCUT2D eigenvalue weighted by atomic mass is 10.2. The Morgan fingerprint density at radius 3 is 2.11 bits per heavy atom. The molecule has 0 saturated carbocycles. The van der Waals surface area contributed by atoms with Crippen LogP contribution in [0.5, 0.6) is 0 Å². The van der Waals surface area contributed by atoms with E-state index in [0.29, 0.717) is 6.04 Å². The van der Waals surface area contributed by atoms with Gasteiger partial charge in [-0.3, -0.25) is 4.90 Å². The molecule has 0 bridgehead atoms. The third-order valence-electron chi connectivity index (χ3n) is 3.76. The third kappa shape index (κ3) is 6.69. The summed E-state index contributed by atoms with van der Waals surface area (Å²) < 4.78 is 0. The molecule has 1 atom stereocenters. The van der Waals surface area contributed by atoms with Gasteiger partial charge in [0, 0.05) is 45.3 Å². The van der Waals surface area contributed by atoms with Crippen LogP contribution in [0.25, 0.3) is 0 Å². The molecule has 0 spiro atoms. The van der Waals surface area contributed by atoms with E-state index in [2.05, 4.69) is 48.0 Å². The van der Waals surface area contributed by atoms with E-state index < -0.39 is 0 Å². The van der Waals surface area contributed by atoms with Crippen LogP contribution in [-0.2, 0) is 0 Å². The number of nitrogens with one attached hydrogen (secondary N) is 1. The summed E-state index contributed by atoms with van der Waals surface area (Å²) in [4.78, 5) is 7.47. The largest absolute Gasteiger partial charge is 0.314 e. The molecule has 18 heavy (non-hydrogen) atoms. The van der Waals surface area contributed by atoms with Gasteiger partial charge in [0.15, 0.2) is 0 Å². The summed E-state index contributed by atoms with van der Waals surface area (Å²) in [5.74, 6) is 0. The molecule has 0 amide bonds. The topological polar surface area (TPSA) is 21.8 Å². The van der Waals surface area contributed by atoms with Crippen LogP contribution in [0, 0.1) is 0 Å². The number of hydrogen-bond donors (Lipinski definition) is 1. The van der Waals surface area contributed by atoms with Crippen LogP contribution in [0.2, 0.25) is 0 Å². The van der Waals surface area contributed by atoms with Crippen molar-refractivity contribution in [2.45, 2.75) is 26.3 Å². The molecular formula is C14H32N4. The number of piperazine rings is 1. The first kappa shape index (κ1) is 15.9. The van der Waals surface area contributed by atoms with Gasteiger partial charge in [-0.15, -0.1) is 0 Å². The highest BCUT2D eigenvalue weighted by atomic mass is 15.3. The van der Waals surface area contributed by atoms with Crippen molar-refractivity contribution in [1.82, 2.24) is 20.0 Å². The maximum atomic E-state index is 3.48. The monoisotopic (exact) mass is 256 g/mol. The van der Waals surface area contributed by atoms with E-state index in [9.17, 15) is 0 Å². The Kier molecular flexibility index (Phi) is 7.82. The van der Waals surface area contributed by atoms with Crippen LogP contribution in [0.1, 0.15) is 20.3 Å². The molecule has 1 aliphatic rings. The number of rotatable bonds is 8. The second-order valence-electron chi connectivity index (χ2n) is 5.73. The molecule has 0 aromatic rings. The molecular weight excluding hydrogens is 224 g/mol. The van der Waals surface area contributed by atoms with Gasteiger partial charge in [0.05, 0.1) is 0 Å². The second-order valence-corrected chi connectivity index (χ2v) is 5.73. The second kappa shape index (κ2) is 8.86. The molecule has 0 aromatic carbocycles. The standard InChI is InChI=1S/C14H32N4/c1-5-15-14(2)6-7-17-10-12-18(13-11-17)9-8-16(3)4/h14-15H,5-13H2,1-4H3. The Bertz CT molecular complexity index is 200. The first-order chi connectivity index (χ1) is 8.61. The van der Waals surface area contributed by atoms with Crippen LogP contribution in [0.3, 0.4) is 0 Å². The van der Waals surface area contributed by atoms with E-state index in [-0.39, 0.29) is 0 Å². The lowest BCUT2D eigenvalue weighted by molar-refractivity contribution is 0.122. The summed E-state index contributed by atoms with van der Waals surface area (Å²) in [5, 5.41) is 3.48.